The van der Waals surface area contributed by atoms with Gasteiger partial charge in [-0.2, -0.15) is 8.42 Å². The summed E-state index contributed by atoms with van der Waals surface area (Å²) in [7, 11) is -3.57. The van der Waals surface area contributed by atoms with Crippen LogP contribution in [0.4, 0.5) is 5.69 Å². The lowest BCUT2D eigenvalue weighted by atomic mass is 10.2. The topological polar surface area (TPSA) is 62.6 Å². The van der Waals surface area contributed by atoms with Gasteiger partial charge >= 0.3 is 0 Å². The number of fused-ring (bicyclic) bond motifs is 1. The van der Waals surface area contributed by atoms with E-state index in [0.29, 0.717) is 12.2 Å². The number of pyridine rings is 1. The molecule has 3 rings (SSSR count). The van der Waals surface area contributed by atoms with Crippen molar-refractivity contribution in [3.63, 3.8) is 0 Å². The van der Waals surface area contributed by atoms with E-state index in [-0.39, 0.29) is 4.90 Å². The van der Waals surface area contributed by atoms with Crippen molar-refractivity contribution in [1.82, 2.24) is 4.98 Å². The summed E-state index contributed by atoms with van der Waals surface area (Å²) in [6.07, 6.45) is 4.79. The van der Waals surface area contributed by atoms with E-state index in [1.165, 1.54) is 6.34 Å². The van der Waals surface area contributed by atoms with Crippen molar-refractivity contribution in [1.29, 1.82) is 0 Å². The SMILES string of the molecule is O=S1(=O)N=CN(Cc2cncc(Br)c2)c2ccccc21. The van der Waals surface area contributed by atoms with Crippen LogP contribution in [0.25, 0.3) is 0 Å². The minimum atomic E-state index is -3.57. The van der Waals surface area contributed by atoms with Gasteiger partial charge in [0, 0.05) is 16.9 Å². The molecule has 0 fully saturated rings. The Labute approximate surface area is 125 Å². The molecule has 102 valence electrons. The molecule has 0 radical (unpaired) electrons. The predicted molar refractivity (Wildman–Crippen MR) is 80.2 cm³/mol. The average Bonchev–Trinajstić information content (AvgIpc) is 2.43. The summed E-state index contributed by atoms with van der Waals surface area (Å²) < 4.78 is 28.3. The normalized spacial score (nSPS) is 15.9. The first-order valence-electron chi connectivity index (χ1n) is 5.82. The fraction of sp³-hybridized carbons (Fsp3) is 0.0769. The monoisotopic (exact) mass is 351 g/mol. The summed E-state index contributed by atoms with van der Waals surface area (Å²) in [5, 5.41) is 0. The van der Waals surface area contributed by atoms with Gasteiger partial charge in [-0.25, -0.2) is 0 Å². The van der Waals surface area contributed by atoms with E-state index in [1.54, 1.807) is 41.6 Å². The van der Waals surface area contributed by atoms with Gasteiger partial charge in [-0.05, 0) is 39.7 Å². The van der Waals surface area contributed by atoms with E-state index in [0.717, 1.165) is 10.0 Å². The van der Waals surface area contributed by atoms with Crippen LogP contribution in [0.5, 0.6) is 0 Å². The molecule has 2 aromatic rings. The van der Waals surface area contributed by atoms with Crippen molar-refractivity contribution < 1.29 is 8.42 Å². The minimum absolute atomic E-state index is 0.227. The molecule has 1 aliphatic rings. The summed E-state index contributed by atoms with van der Waals surface area (Å²) in [6, 6.07) is 8.76. The number of rotatable bonds is 2. The van der Waals surface area contributed by atoms with Gasteiger partial charge in [-0.3, -0.25) is 4.98 Å². The maximum absolute atomic E-state index is 11.9. The molecule has 0 bridgehead atoms. The van der Waals surface area contributed by atoms with Crippen LogP contribution in [0.15, 0.2) is 56.5 Å². The number of halogens is 1. The molecule has 0 N–H and O–H groups in total. The zero-order valence-corrected chi connectivity index (χ0v) is 12.7. The molecule has 0 amide bonds. The summed E-state index contributed by atoms with van der Waals surface area (Å²) in [5.74, 6) is 0. The van der Waals surface area contributed by atoms with Crippen LogP contribution in [0.1, 0.15) is 5.56 Å². The quantitative estimate of drug-likeness (QED) is 0.834. The number of benzene rings is 1. The number of hydrogen-bond acceptors (Lipinski definition) is 4. The molecule has 0 saturated carbocycles. The first kappa shape index (κ1) is 13.3. The van der Waals surface area contributed by atoms with Crippen molar-refractivity contribution in [3.05, 3.63) is 52.8 Å². The molecule has 0 spiro atoms. The average molecular weight is 352 g/mol. The highest BCUT2D eigenvalue weighted by molar-refractivity contribution is 9.10. The summed E-state index contributed by atoms with van der Waals surface area (Å²) in [4.78, 5) is 6.12. The number of nitrogens with zero attached hydrogens (tertiary/aromatic N) is 3. The van der Waals surface area contributed by atoms with E-state index >= 15 is 0 Å². The highest BCUT2D eigenvalue weighted by atomic mass is 79.9. The predicted octanol–water partition coefficient (Wildman–Crippen LogP) is 2.58. The Bertz CT molecular complexity index is 790. The van der Waals surface area contributed by atoms with Crippen molar-refractivity contribution in [2.75, 3.05) is 4.90 Å². The van der Waals surface area contributed by atoms with E-state index < -0.39 is 10.0 Å². The lowest BCUT2D eigenvalue weighted by Gasteiger charge is -2.24. The van der Waals surface area contributed by atoms with Gasteiger partial charge in [-0.1, -0.05) is 12.1 Å². The molecule has 1 aromatic carbocycles. The Balaban J connectivity index is 2.00. The van der Waals surface area contributed by atoms with Gasteiger partial charge in [0.2, 0.25) is 0 Å². The Morgan fingerprint density at radius 1 is 1.20 bits per heavy atom. The molecule has 0 atom stereocenters. The van der Waals surface area contributed by atoms with Crippen molar-refractivity contribution in [2.24, 2.45) is 4.40 Å². The molecule has 7 heteroatoms. The summed E-state index contributed by atoms with van der Waals surface area (Å²) in [5.41, 5.74) is 1.59. The maximum atomic E-state index is 11.9. The number of aromatic nitrogens is 1. The third-order valence-electron chi connectivity index (χ3n) is 2.89. The van der Waals surface area contributed by atoms with Gasteiger partial charge in [-0.15, -0.1) is 4.40 Å². The molecule has 5 nitrogen and oxygen atoms in total. The van der Waals surface area contributed by atoms with Crippen LogP contribution in [-0.4, -0.2) is 19.7 Å². The van der Waals surface area contributed by atoms with Gasteiger partial charge in [0.05, 0.1) is 12.2 Å². The number of hydrogen-bond donors (Lipinski definition) is 0. The van der Waals surface area contributed by atoms with Crippen molar-refractivity contribution >= 4 is 38.0 Å². The highest BCUT2D eigenvalue weighted by Crippen LogP contribution is 2.30. The Kier molecular flexibility index (Phi) is 3.31. The van der Waals surface area contributed by atoms with Gasteiger partial charge in [0.15, 0.2) is 0 Å². The van der Waals surface area contributed by atoms with Gasteiger partial charge < -0.3 is 4.90 Å². The second kappa shape index (κ2) is 4.99. The molecule has 0 saturated heterocycles. The second-order valence-electron chi connectivity index (χ2n) is 4.30. The Morgan fingerprint density at radius 2 is 2.00 bits per heavy atom. The molecule has 1 aromatic heterocycles. The fourth-order valence-electron chi connectivity index (χ4n) is 2.02. The molecule has 20 heavy (non-hydrogen) atoms. The third kappa shape index (κ3) is 2.46. The Hall–Kier alpha value is -1.73. The number of anilines is 1. The van der Waals surface area contributed by atoms with E-state index in [9.17, 15) is 8.42 Å². The number of para-hydroxylation sites is 1. The molecule has 1 aliphatic heterocycles. The fourth-order valence-corrected chi connectivity index (χ4v) is 3.48. The number of sulfonamides is 1. The van der Waals surface area contributed by atoms with Crippen LogP contribution in [-0.2, 0) is 16.6 Å². The van der Waals surface area contributed by atoms with E-state index in [2.05, 4.69) is 25.3 Å². The van der Waals surface area contributed by atoms with Crippen LogP contribution in [0, 0.1) is 0 Å². The standard InChI is InChI=1S/C13H10BrN3O2S/c14-11-5-10(6-15-7-11)8-17-9-16-20(18,19)13-4-2-1-3-12(13)17/h1-7,9H,8H2. The van der Waals surface area contributed by atoms with E-state index in [4.69, 9.17) is 0 Å². The van der Waals surface area contributed by atoms with Crippen LogP contribution in [0.2, 0.25) is 0 Å². The largest absolute Gasteiger partial charge is 0.326 e. The molecule has 0 unspecified atom stereocenters. The van der Waals surface area contributed by atoms with Gasteiger partial charge in [0.1, 0.15) is 11.2 Å². The lowest BCUT2D eigenvalue weighted by Crippen LogP contribution is -2.26. The molecular weight excluding hydrogens is 342 g/mol. The second-order valence-corrected chi connectivity index (χ2v) is 6.82. The van der Waals surface area contributed by atoms with Gasteiger partial charge in [0.25, 0.3) is 10.0 Å². The van der Waals surface area contributed by atoms with Crippen LogP contribution in [0.3, 0.4) is 0 Å². The van der Waals surface area contributed by atoms with Crippen molar-refractivity contribution in [3.8, 4) is 0 Å². The minimum Gasteiger partial charge on any atom is -0.326 e. The molecule has 2 heterocycles. The maximum Gasteiger partial charge on any atom is 0.285 e. The van der Waals surface area contributed by atoms with Crippen LogP contribution < -0.4 is 4.90 Å². The summed E-state index contributed by atoms with van der Waals surface area (Å²) >= 11 is 3.37. The summed E-state index contributed by atoms with van der Waals surface area (Å²) in [6.45, 7) is 0.502. The van der Waals surface area contributed by atoms with Crippen LogP contribution >= 0.6 is 15.9 Å². The molecular formula is C13H10BrN3O2S. The smallest absolute Gasteiger partial charge is 0.285 e. The first-order valence-corrected chi connectivity index (χ1v) is 8.05. The highest BCUT2D eigenvalue weighted by Gasteiger charge is 2.24. The lowest BCUT2D eigenvalue weighted by molar-refractivity contribution is 0.597. The first-order chi connectivity index (χ1) is 9.56. The van der Waals surface area contributed by atoms with E-state index in [1.807, 2.05) is 6.07 Å². The van der Waals surface area contributed by atoms with Crippen molar-refractivity contribution in [2.45, 2.75) is 11.4 Å². The third-order valence-corrected chi connectivity index (χ3v) is 4.60. The zero-order chi connectivity index (χ0) is 14.2. The zero-order valence-electron chi connectivity index (χ0n) is 10.3. The molecule has 0 aliphatic carbocycles. The Morgan fingerprint density at radius 3 is 2.80 bits per heavy atom.